The highest BCUT2D eigenvalue weighted by molar-refractivity contribution is 6.30. The van der Waals surface area contributed by atoms with Crippen molar-refractivity contribution in [2.75, 3.05) is 0 Å². The van der Waals surface area contributed by atoms with E-state index in [-0.39, 0.29) is 0 Å². The number of hydrogen-bond acceptors (Lipinski definition) is 0. The van der Waals surface area contributed by atoms with Gasteiger partial charge in [0, 0.05) is 5.02 Å². The van der Waals surface area contributed by atoms with Gasteiger partial charge in [0.2, 0.25) is 0 Å². The van der Waals surface area contributed by atoms with E-state index in [1.807, 2.05) is 24.3 Å². The second-order valence-corrected chi connectivity index (χ2v) is 2.66. The minimum Gasteiger partial charge on any atom is -0.0985 e. The van der Waals surface area contributed by atoms with Crippen molar-refractivity contribution in [3.05, 3.63) is 53.5 Å². The molecule has 0 radical (unpaired) electrons. The van der Waals surface area contributed by atoms with E-state index < -0.39 is 0 Å². The van der Waals surface area contributed by atoms with Crippen molar-refractivity contribution < 1.29 is 0 Å². The van der Waals surface area contributed by atoms with Gasteiger partial charge in [0.25, 0.3) is 0 Å². The summed E-state index contributed by atoms with van der Waals surface area (Å²) < 4.78 is 0. The molecule has 1 aromatic carbocycles. The fraction of sp³-hybridized carbons (Fsp3) is 0. The summed E-state index contributed by atoms with van der Waals surface area (Å²) in [6, 6.07) is 7.54. The molecule has 0 saturated heterocycles. The molecule has 1 rings (SSSR count). The first-order chi connectivity index (χ1) is 5.74. The van der Waals surface area contributed by atoms with E-state index in [0.29, 0.717) is 0 Å². The van der Waals surface area contributed by atoms with Crippen LogP contribution in [-0.4, -0.2) is 0 Å². The van der Waals surface area contributed by atoms with E-state index in [1.54, 1.807) is 6.08 Å². The maximum absolute atomic E-state index is 5.63. The Labute approximate surface area is 83.1 Å². The summed E-state index contributed by atoms with van der Waals surface area (Å²) >= 11 is 10.4. The number of halogens is 2. The topological polar surface area (TPSA) is 0 Å². The van der Waals surface area contributed by atoms with Crippen LogP contribution in [0.15, 0.2) is 43.0 Å². The predicted octanol–water partition coefficient (Wildman–Crippen LogP) is 4.35. The molecule has 1 aromatic rings. The van der Waals surface area contributed by atoms with Crippen LogP contribution in [0.25, 0.3) is 6.08 Å². The molecule has 0 bridgehead atoms. The van der Waals surface area contributed by atoms with Gasteiger partial charge in [-0.2, -0.15) is 0 Å². The Kier molecular flexibility index (Phi) is 6.54. The third-order valence-corrected chi connectivity index (χ3v) is 1.36. The number of rotatable bonds is 1. The summed E-state index contributed by atoms with van der Waals surface area (Å²) in [4.78, 5) is 0. The molecule has 0 aliphatic carbocycles. The molecule has 0 nitrogen and oxygen atoms in total. The lowest BCUT2D eigenvalue weighted by Crippen LogP contribution is -1.67. The Bertz CT molecular complexity index is 237. The van der Waals surface area contributed by atoms with Crippen molar-refractivity contribution >= 4 is 29.3 Å². The van der Waals surface area contributed by atoms with Crippen LogP contribution in [-0.2, 0) is 0 Å². The second-order valence-electron chi connectivity index (χ2n) is 1.91. The van der Waals surface area contributed by atoms with E-state index in [9.17, 15) is 0 Å². The van der Waals surface area contributed by atoms with Crippen molar-refractivity contribution in [3.63, 3.8) is 0 Å². The molecule has 0 N–H and O–H groups in total. The SMILES string of the molecule is C=CCl.C=Cc1ccc(Cl)cc1. The van der Waals surface area contributed by atoms with Crippen LogP contribution in [0.2, 0.25) is 5.02 Å². The Morgan fingerprint density at radius 2 is 1.50 bits per heavy atom. The summed E-state index contributed by atoms with van der Waals surface area (Å²) in [5, 5.41) is 0.764. The lowest BCUT2D eigenvalue weighted by Gasteiger charge is -1.89. The van der Waals surface area contributed by atoms with Crippen molar-refractivity contribution in [1.29, 1.82) is 0 Å². The van der Waals surface area contributed by atoms with Gasteiger partial charge >= 0.3 is 0 Å². The van der Waals surface area contributed by atoms with Gasteiger partial charge in [-0.25, -0.2) is 0 Å². The molecule has 0 aliphatic heterocycles. The molecule has 0 atom stereocenters. The average molecular weight is 201 g/mol. The molecule has 0 fully saturated rings. The largest absolute Gasteiger partial charge is 0.0985 e. The summed E-state index contributed by atoms with van der Waals surface area (Å²) in [6.45, 7) is 6.74. The highest BCUT2D eigenvalue weighted by Crippen LogP contribution is 2.09. The van der Waals surface area contributed by atoms with Gasteiger partial charge in [-0.3, -0.25) is 0 Å². The molecule has 0 saturated carbocycles. The van der Waals surface area contributed by atoms with Gasteiger partial charge in [-0.1, -0.05) is 54.6 Å². The lowest BCUT2D eigenvalue weighted by molar-refractivity contribution is 1.66. The first-order valence-electron chi connectivity index (χ1n) is 3.33. The van der Waals surface area contributed by atoms with Crippen LogP contribution in [0.1, 0.15) is 5.56 Å². The van der Waals surface area contributed by atoms with E-state index in [1.165, 1.54) is 5.54 Å². The van der Waals surface area contributed by atoms with Crippen molar-refractivity contribution in [2.24, 2.45) is 0 Å². The standard InChI is InChI=1S/C8H7Cl.C2H3Cl/c1-2-7-3-5-8(9)6-4-7;1-2-3/h2-6H,1H2;2H,1H2. The van der Waals surface area contributed by atoms with Crippen molar-refractivity contribution in [3.8, 4) is 0 Å². The molecule has 0 heterocycles. The minimum atomic E-state index is 0.764. The van der Waals surface area contributed by atoms with E-state index in [2.05, 4.69) is 13.2 Å². The predicted molar refractivity (Wildman–Crippen MR) is 57.6 cm³/mol. The molecular formula is C10H10Cl2. The van der Waals surface area contributed by atoms with Gasteiger partial charge in [-0.05, 0) is 23.2 Å². The van der Waals surface area contributed by atoms with Gasteiger partial charge < -0.3 is 0 Å². The Balaban J connectivity index is 0.000000354. The molecular weight excluding hydrogens is 191 g/mol. The van der Waals surface area contributed by atoms with Crippen LogP contribution in [0.5, 0.6) is 0 Å². The van der Waals surface area contributed by atoms with Crippen LogP contribution in [0, 0.1) is 0 Å². The first-order valence-corrected chi connectivity index (χ1v) is 4.15. The maximum atomic E-state index is 5.63. The second kappa shape index (κ2) is 6.96. The van der Waals surface area contributed by atoms with Crippen molar-refractivity contribution in [1.82, 2.24) is 0 Å². The number of benzene rings is 1. The third-order valence-electron chi connectivity index (χ3n) is 1.11. The van der Waals surface area contributed by atoms with Gasteiger partial charge in [0.05, 0.1) is 0 Å². The molecule has 0 amide bonds. The molecule has 0 aromatic heterocycles. The maximum Gasteiger partial charge on any atom is 0.0406 e. The smallest absolute Gasteiger partial charge is 0.0406 e. The van der Waals surface area contributed by atoms with E-state index in [4.69, 9.17) is 23.2 Å². The Morgan fingerprint density at radius 1 is 1.08 bits per heavy atom. The van der Waals surface area contributed by atoms with E-state index in [0.717, 1.165) is 10.6 Å². The molecule has 12 heavy (non-hydrogen) atoms. The van der Waals surface area contributed by atoms with Crippen LogP contribution >= 0.6 is 23.2 Å². The average Bonchev–Trinajstić information content (AvgIpc) is 2.07. The lowest BCUT2D eigenvalue weighted by atomic mass is 10.2. The fourth-order valence-corrected chi connectivity index (χ4v) is 0.725. The number of hydrogen-bond donors (Lipinski definition) is 0. The summed E-state index contributed by atoms with van der Waals surface area (Å²) in [5.74, 6) is 0. The fourth-order valence-electron chi connectivity index (χ4n) is 0.599. The summed E-state index contributed by atoms with van der Waals surface area (Å²) in [5.41, 5.74) is 2.32. The Morgan fingerprint density at radius 3 is 1.83 bits per heavy atom. The van der Waals surface area contributed by atoms with Gasteiger partial charge in [0.15, 0.2) is 0 Å². The monoisotopic (exact) mass is 200 g/mol. The molecule has 0 aliphatic rings. The summed E-state index contributed by atoms with van der Waals surface area (Å²) in [6.07, 6.45) is 1.79. The normalized spacial score (nSPS) is 7.83. The minimum absolute atomic E-state index is 0.764. The zero-order chi connectivity index (χ0) is 9.40. The Hall–Kier alpha value is -0.720. The van der Waals surface area contributed by atoms with Gasteiger partial charge in [0.1, 0.15) is 0 Å². The zero-order valence-electron chi connectivity index (χ0n) is 6.63. The first kappa shape index (κ1) is 11.3. The molecule has 64 valence electrons. The quantitative estimate of drug-likeness (QED) is 0.633. The highest BCUT2D eigenvalue weighted by Gasteiger charge is 1.84. The zero-order valence-corrected chi connectivity index (χ0v) is 8.15. The van der Waals surface area contributed by atoms with Gasteiger partial charge in [-0.15, -0.1) is 0 Å². The van der Waals surface area contributed by atoms with Crippen LogP contribution in [0.3, 0.4) is 0 Å². The third kappa shape index (κ3) is 5.00. The van der Waals surface area contributed by atoms with Crippen LogP contribution < -0.4 is 0 Å². The summed E-state index contributed by atoms with van der Waals surface area (Å²) in [7, 11) is 0. The molecule has 0 spiro atoms. The van der Waals surface area contributed by atoms with Crippen molar-refractivity contribution in [2.45, 2.75) is 0 Å². The molecule has 0 unspecified atom stereocenters. The van der Waals surface area contributed by atoms with E-state index >= 15 is 0 Å². The highest BCUT2D eigenvalue weighted by atomic mass is 35.5. The molecule has 2 heteroatoms. The van der Waals surface area contributed by atoms with Crippen LogP contribution in [0.4, 0.5) is 0 Å².